The average Bonchev–Trinajstić information content (AvgIpc) is 3.57. The molecule has 7 nitrogen and oxygen atoms in total. The molecule has 1 saturated heterocycles. The number of rotatable bonds is 15. The first kappa shape index (κ1) is 42.6. The molecule has 306 valence electrons. The van der Waals surface area contributed by atoms with Crippen LogP contribution in [-0.4, -0.2) is 44.2 Å². The monoisotopic (exact) mass is 812 g/mol. The molecule has 1 aliphatic rings. The Morgan fingerprint density at radius 1 is 0.860 bits per heavy atom. The van der Waals surface area contributed by atoms with E-state index in [0.717, 1.165) is 60.8 Å². The second-order valence-corrected chi connectivity index (χ2v) is 22.7. The van der Waals surface area contributed by atoms with Crippen molar-refractivity contribution >= 4 is 47.7 Å². The van der Waals surface area contributed by atoms with Crippen molar-refractivity contribution in [1.82, 2.24) is 0 Å². The van der Waals surface area contributed by atoms with Crippen LogP contribution in [0.2, 0.25) is 0 Å². The summed E-state index contributed by atoms with van der Waals surface area (Å²) in [6, 6.07) is 29.1. The number of ether oxygens (including phenoxy) is 3. The molecular formula is C48H60O7S2. The summed E-state index contributed by atoms with van der Waals surface area (Å²) in [7, 11) is -6.43. The summed E-state index contributed by atoms with van der Waals surface area (Å²) >= 11 is 0. The van der Waals surface area contributed by atoms with Gasteiger partial charge in [-0.15, -0.1) is 0 Å². The van der Waals surface area contributed by atoms with Crippen LogP contribution < -0.4 is 14.2 Å². The summed E-state index contributed by atoms with van der Waals surface area (Å²) in [5, 5.41) is 2.70. The Labute approximate surface area is 341 Å². The third kappa shape index (κ3) is 9.32. The Morgan fingerprint density at radius 3 is 2.25 bits per heavy atom. The molecule has 3 atom stereocenters. The van der Waals surface area contributed by atoms with Crippen LogP contribution >= 0.6 is 10.0 Å². The van der Waals surface area contributed by atoms with E-state index in [4.69, 9.17) is 14.2 Å². The van der Waals surface area contributed by atoms with Crippen LogP contribution in [0.5, 0.6) is 17.2 Å². The fourth-order valence-electron chi connectivity index (χ4n) is 8.43. The first-order valence-electron chi connectivity index (χ1n) is 20.3. The topological polar surface area (TPSA) is 99.1 Å². The lowest BCUT2D eigenvalue weighted by atomic mass is 9.68. The van der Waals surface area contributed by atoms with Crippen molar-refractivity contribution in [3.63, 3.8) is 0 Å². The zero-order valence-electron chi connectivity index (χ0n) is 34.9. The summed E-state index contributed by atoms with van der Waals surface area (Å²) in [6.45, 7) is 16.1. The van der Waals surface area contributed by atoms with Gasteiger partial charge in [-0.3, -0.25) is 4.55 Å². The molecule has 5 aromatic rings. The number of hydrogen-bond donors (Lipinski definition) is 1. The normalized spacial score (nSPS) is 19.3. The Hall–Kier alpha value is -4.05. The molecule has 0 aliphatic carbocycles. The van der Waals surface area contributed by atoms with Gasteiger partial charge in [0.2, 0.25) is 0 Å². The minimum absolute atomic E-state index is 0.0613. The summed E-state index contributed by atoms with van der Waals surface area (Å²) in [4.78, 5) is 14.4. The quantitative estimate of drug-likeness (QED) is 0.0486. The van der Waals surface area contributed by atoms with Gasteiger partial charge in [0.05, 0.1) is 6.61 Å². The van der Waals surface area contributed by atoms with Gasteiger partial charge in [0.15, 0.2) is 6.61 Å². The number of esters is 1. The second kappa shape index (κ2) is 17.0. The van der Waals surface area contributed by atoms with E-state index in [9.17, 15) is 17.8 Å². The van der Waals surface area contributed by atoms with Crippen molar-refractivity contribution in [2.75, 3.05) is 25.2 Å². The third-order valence-corrected chi connectivity index (χ3v) is 17.2. The Balaban J connectivity index is 1.29. The average molecular weight is 813 g/mol. The predicted octanol–water partition coefficient (Wildman–Crippen LogP) is 12.7. The molecule has 1 fully saturated rings. The van der Waals surface area contributed by atoms with Crippen molar-refractivity contribution in [3.05, 3.63) is 102 Å². The molecule has 1 heterocycles. The minimum atomic E-state index is -4.77. The maximum absolute atomic E-state index is 13.5. The van der Waals surface area contributed by atoms with Gasteiger partial charge in [-0.25, -0.2) is 14.8 Å². The van der Waals surface area contributed by atoms with Gasteiger partial charge in [-0.2, -0.15) is 8.42 Å². The van der Waals surface area contributed by atoms with Crippen LogP contribution in [0.1, 0.15) is 109 Å². The summed E-state index contributed by atoms with van der Waals surface area (Å²) in [5.74, 6) is 2.01. The molecule has 0 amide bonds. The smallest absolute Gasteiger partial charge is 0.349 e. The SMILES string of the molecule is CCCCOc1ccc(S2(C)CCCC2c2ccc3cccc(OC(=O)COc4ccc(C(CC(C)(C)CC)C(C)(C)C)cc4)c3c2S(=O)(=O)O)c2ccccc12. The number of carbonyl (C=O) groups is 1. The first-order valence-corrected chi connectivity index (χ1v) is 24.0. The maximum Gasteiger partial charge on any atom is 0.349 e. The molecule has 9 heteroatoms. The molecule has 1 aliphatic heterocycles. The zero-order chi connectivity index (χ0) is 41.2. The van der Waals surface area contributed by atoms with Gasteiger partial charge in [-0.05, 0) is 112 Å². The molecule has 0 saturated carbocycles. The third-order valence-electron chi connectivity index (χ3n) is 12.0. The van der Waals surface area contributed by atoms with Gasteiger partial charge in [0, 0.05) is 16.0 Å². The van der Waals surface area contributed by atoms with Crippen LogP contribution in [-0.2, 0) is 14.9 Å². The highest BCUT2D eigenvalue weighted by Gasteiger charge is 2.41. The Kier molecular flexibility index (Phi) is 12.7. The van der Waals surface area contributed by atoms with E-state index in [1.807, 2.05) is 36.4 Å². The van der Waals surface area contributed by atoms with Crippen molar-refractivity contribution in [1.29, 1.82) is 0 Å². The van der Waals surface area contributed by atoms with Crippen LogP contribution in [0.25, 0.3) is 21.5 Å². The van der Waals surface area contributed by atoms with E-state index in [2.05, 4.69) is 91.1 Å². The van der Waals surface area contributed by atoms with E-state index >= 15 is 0 Å². The minimum Gasteiger partial charge on any atom is -0.493 e. The molecule has 6 rings (SSSR count). The van der Waals surface area contributed by atoms with Crippen molar-refractivity contribution in [2.24, 2.45) is 10.8 Å². The molecule has 1 N–H and O–H groups in total. The number of fused-ring (bicyclic) bond motifs is 2. The van der Waals surface area contributed by atoms with Gasteiger partial charge in [0.25, 0.3) is 10.1 Å². The maximum atomic E-state index is 13.5. The van der Waals surface area contributed by atoms with E-state index in [0.29, 0.717) is 29.2 Å². The largest absolute Gasteiger partial charge is 0.493 e. The summed E-state index contributed by atoms with van der Waals surface area (Å²) in [6.07, 6.45) is 8.09. The molecule has 0 bridgehead atoms. The Morgan fingerprint density at radius 2 is 1.58 bits per heavy atom. The molecule has 0 spiro atoms. The molecular weight excluding hydrogens is 753 g/mol. The highest BCUT2D eigenvalue weighted by atomic mass is 32.3. The van der Waals surface area contributed by atoms with Crippen molar-refractivity contribution < 1.29 is 32.0 Å². The van der Waals surface area contributed by atoms with Crippen LogP contribution in [0.15, 0.2) is 101 Å². The molecule has 57 heavy (non-hydrogen) atoms. The van der Waals surface area contributed by atoms with Crippen LogP contribution in [0.4, 0.5) is 0 Å². The molecule has 0 radical (unpaired) electrons. The molecule has 5 aromatic carbocycles. The Bertz CT molecular complexity index is 2330. The van der Waals surface area contributed by atoms with E-state index in [1.165, 1.54) is 10.5 Å². The number of hydrogen-bond acceptors (Lipinski definition) is 6. The fourth-order valence-corrected chi connectivity index (χ4v) is 13.6. The summed E-state index contributed by atoms with van der Waals surface area (Å²) < 4.78 is 56.0. The fraction of sp³-hybridized carbons (Fsp3) is 0.438. The lowest BCUT2D eigenvalue weighted by Crippen LogP contribution is -2.25. The first-order chi connectivity index (χ1) is 27.0. The number of unbranched alkanes of at least 4 members (excludes halogenated alkanes) is 1. The van der Waals surface area contributed by atoms with Crippen LogP contribution in [0, 0.1) is 10.8 Å². The lowest BCUT2D eigenvalue weighted by molar-refractivity contribution is -0.136. The van der Waals surface area contributed by atoms with Gasteiger partial charge < -0.3 is 14.2 Å². The van der Waals surface area contributed by atoms with Gasteiger partial charge >= 0.3 is 5.97 Å². The second-order valence-electron chi connectivity index (χ2n) is 17.6. The lowest BCUT2D eigenvalue weighted by Gasteiger charge is -2.40. The highest BCUT2D eigenvalue weighted by Crippen LogP contribution is 2.71. The zero-order valence-corrected chi connectivity index (χ0v) is 36.5. The van der Waals surface area contributed by atoms with E-state index in [-0.39, 0.29) is 38.7 Å². The number of carbonyl (C=O) groups excluding carboxylic acids is 1. The van der Waals surface area contributed by atoms with Crippen molar-refractivity contribution in [3.8, 4) is 17.2 Å². The van der Waals surface area contributed by atoms with Gasteiger partial charge in [-0.1, -0.05) is 122 Å². The molecule has 3 unspecified atom stereocenters. The summed E-state index contributed by atoms with van der Waals surface area (Å²) in [5.41, 5.74) is 2.04. The van der Waals surface area contributed by atoms with E-state index < -0.39 is 26.1 Å². The van der Waals surface area contributed by atoms with Crippen LogP contribution in [0.3, 0.4) is 0 Å². The van der Waals surface area contributed by atoms with Gasteiger partial charge in [0.1, 0.15) is 22.1 Å². The standard InChI is InChI=1S/C48H60O7S2/c1-9-11-29-53-40-27-28-43(37-18-13-12-17-36(37)40)56(8)30-15-20-42(56)38-26-23-34-16-14-19-41(45(34)46(38)57(50,51)52)55-44(49)32-54-35-24-21-33(22-25-35)39(47(3,4)5)31-48(6,7)10-2/h12-14,16-19,21-28,39,42H,9-11,15,20,29-32H2,1-8H3,(H,50,51,52). The van der Waals surface area contributed by atoms with E-state index in [1.54, 1.807) is 18.2 Å². The highest BCUT2D eigenvalue weighted by molar-refractivity contribution is 8.33. The number of benzene rings is 5. The molecule has 0 aromatic heterocycles. The van der Waals surface area contributed by atoms with Crippen molar-refractivity contribution in [2.45, 2.75) is 108 Å². The predicted molar refractivity (Wildman–Crippen MR) is 235 cm³/mol.